The Morgan fingerprint density at radius 2 is 1.68 bits per heavy atom. The van der Waals surface area contributed by atoms with Crippen molar-refractivity contribution in [1.29, 1.82) is 0 Å². The van der Waals surface area contributed by atoms with Gasteiger partial charge in [0, 0.05) is 23.3 Å². The minimum absolute atomic E-state index is 0.166. The van der Waals surface area contributed by atoms with Gasteiger partial charge in [0.05, 0.1) is 23.5 Å². The second-order valence-corrected chi connectivity index (χ2v) is 9.32. The zero-order valence-electron chi connectivity index (χ0n) is 19.8. The molecule has 5 rings (SSSR count). The van der Waals surface area contributed by atoms with Crippen LogP contribution in [0.4, 0.5) is 5.69 Å². The second kappa shape index (κ2) is 8.61. The first kappa shape index (κ1) is 22.2. The van der Waals surface area contributed by atoms with Gasteiger partial charge in [-0.3, -0.25) is 4.98 Å². The number of rotatable bonds is 4. The number of nitrogens with one attached hydrogen (secondary N) is 1. The van der Waals surface area contributed by atoms with E-state index in [9.17, 15) is 5.11 Å². The van der Waals surface area contributed by atoms with Crippen LogP contribution in [0.1, 0.15) is 45.9 Å². The summed E-state index contributed by atoms with van der Waals surface area (Å²) in [6, 6.07) is 21.7. The SMILES string of the molecule is Cc1ccc(C)c(-n2c(C)cc([C@H]3[C@H](c4ccccn4)NC(=S)N3c3ccccc3O)c2C)c1. The molecule has 1 aliphatic heterocycles. The topological polar surface area (TPSA) is 53.3 Å². The van der Waals surface area contributed by atoms with Gasteiger partial charge in [0.15, 0.2) is 5.11 Å². The van der Waals surface area contributed by atoms with E-state index in [2.05, 4.69) is 66.8 Å². The first-order valence-corrected chi connectivity index (χ1v) is 11.8. The summed E-state index contributed by atoms with van der Waals surface area (Å²) in [4.78, 5) is 6.67. The van der Waals surface area contributed by atoms with Gasteiger partial charge in [0.2, 0.25) is 0 Å². The van der Waals surface area contributed by atoms with Crippen LogP contribution in [0, 0.1) is 27.7 Å². The van der Waals surface area contributed by atoms with Crippen LogP contribution < -0.4 is 10.2 Å². The van der Waals surface area contributed by atoms with Crippen LogP contribution in [0.2, 0.25) is 0 Å². The van der Waals surface area contributed by atoms with Crippen molar-refractivity contribution >= 4 is 23.0 Å². The van der Waals surface area contributed by atoms with E-state index in [-0.39, 0.29) is 17.8 Å². The number of aromatic hydroxyl groups is 1. The van der Waals surface area contributed by atoms with Gasteiger partial charge in [-0.1, -0.05) is 30.3 Å². The lowest BCUT2D eigenvalue weighted by Gasteiger charge is -2.28. The number of phenols is 1. The maximum absolute atomic E-state index is 10.7. The predicted molar refractivity (Wildman–Crippen MR) is 141 cm³/mol. The molecule has 1 aliphatic rings. The van der Waals surface area contributed by atoms with E-state index < -0.39 is 0 Å². The molecule has 3 heterocycles. The van der Waals surface area contributed by atoms with Gasteiger partial charge in [0.1, 0.15) is 5.75 Å². The van der Waals surface area contributed by atoms with E-state index in [1.807, 2.05) is 41.3 Å². The molecule has 0 aliphatic carbocycles. The third-order valence-corrected chi connectivity index (χ3v) is 6.95. The molecule has 0 saturated carbocycles. The van der Waals surface area contributed by atoms with E-state index in [0.717, 1.165) is 22.6 Å². The fourth-order valence-corrected chi connectivity index (χ4v) is 5.36. The molecule has 0 amide bonds. The number of thiocarbonyl (C=S) groups is 1. The van der Waals surface area contributed by atoms with Gasteiger partial charge >= 0.3 is 0 Å². The Bertz CT molecular complexity index is 1380. The monoisotopic (exact) mass is 468 g/mol. The first-order valence-electron chi connectivity index (χ1n) is 11.4. The van der Waals surface area contributed by atoms with E-state index in [1.54, 1.807) is 12.3 Å². The minimum Gasteiger partial charge on any atom is -0.506 e. The summed E-state index contributed by atoms with van der Waals surface area (Å²) in [5, 5.41) is 14.8. The quantitative estimate of drug-likeness (QED) is 0.361. The molecule has 0 radical (unpaired) electrons. The van der Waals surface area contributed by atoms with Gasteiger partial charge in [0.25, 0.3) is 0 Å². The Morgan fingerprint density at radius 1 is 0.912 bits per heavy atom. The highest BCUT2D eigenvalue weighted by atomic mass is 32.1. The van der Waals surface area contributed by atoms with Crippen LogP contribution in [-0.4, -0.2) is 19.8 Å². The van der Waals surface area contributed by atoms with Crippen molar-refractivity contribution in [2.45, 2.75) is 39.8 Å². The van der Waals surface area contributed by atoms with E-state index in [0.29, 0.717) is 10.8 Å². The second-order valence-electron chi connectivity index (χ2n) is 8.94. The third-order valence-electron chi connectivity index (χ3n) is 6.63. The lowest BCUT2D eigenvalue weighted by Crippen LogP contribution is -2.29. The molecule has 172 valence electrons. The Hall–Kier alpha value is -3.64. The van der Waals surface area contributed by atoms with Gasteiger partial charge in [-0.2, -0.15) is 0 Å². The van der Waals surface area contributed by atoms with Gasteiger partial charge in [-0.05, 0) is 93.0 Å². The number of hydrogen-bond acceptors (Lipinski definition) is 3. The van der Waals surface area contributed by atoms with Crippen molar-refractivity contribution in [2.75, 3.05) is 4.90 Å². The van der Waals surface area contributed by atoms with Crippen LogP contribution in [0.5, 0.6) is 5.75 Å². The van der Waals surface area contributed by atoms with Gasteiger partial charge in [-0.15, -0.1) is 0 Å². The molecular formula is C28H28N4OS. The van der Waals surface area contributed by atoms with E-state index in [1.165, 1.54) is 16.8 Å². The molecular weight excluding hydrogens is 440 g/mol. The Kier molecular flexibility index (Phi) is 5.62. The van der Waals surface area contributed by atoms with Crippen LogP contribution in [-0.2, 0) is 0 Å². The molecule has 2 N–H and O–H groups in total. The number of nitrogens with zero attached hydrogens (tertiary/aromatic N) is 3. The number of hydrogen-bond donors (Lipinski definition) is 2. The average Bonchev–Trinajstić information content (AvgIpc) is 3.31. The fraction of sp³-hybridized carbons (Fsp3) is 0.214. The molecule has 6 heteroatoms. The third kappa shape index (κ3) is 3.64. The molecule has 0 spiro atoms. The van der Waals surface area contributed by atoms with Crippen molar-refractivity contribution in [3.8, 4) is 11.4 Å². The molecule has 2 atom stereocenters. The number of aryl methyl sites for hydroxylation is 3. The molecule has 1 fully saturated rings. The predicted octanol–water partition coefficient (Wildman–Crippen LogP) is 5.99. The van der Waals surface area contributed by atoms with Gasteiger partial charge < -0.3 is 19.9 Å². The lowest BCUT2D eigenvalue weighted by molar-refractivity contribution is 0.472. The van der Waals surface area contributed by atoms with Crippen molar-refractivity contribution in [2.24, 2.45) is 0 Å². The number of para-hydroxylation sites is 2. The summed E-state index contributed by atoms with van der Waals surface area (Å²) in [5.41, 5.74) is 8.64. The van der Waals surface area contributed by atoms with Crippen LogP contribution in [0.3, 0.4) is 0 Å². The van der Waals surface area contributed by atoms with Gasteiger partial charge in [-0.25, -0.2) is 0 Å². The van der Waals surface area contributed by atoms with E-state index in [4.69, 9.17) is 12.2 Å². The molecule has 1 saturated heterocycles. The maximum atomic E-state index is 10.7. The first-order chi connectivity index (χ1) is 16.4. The highest BCUT2D eigenvalue weighted by Crippen LogP contribution is 2.45. The number of aromatic nitrogens is 2. The largest absolute Gasteiger partial charge is 0.506 e. The van der Waals surface area contributed by atoms with Crippen LogP contribution in [0.15, 0.2) is 72.9 Å². The zero-order valence-corrected chi connectivity index (χ0v) is 20.6. The van der Waals surface area contributed by atoms with Crippen molar-refractivity contribution in [1.82, 2.24) is 14.9 Å². The molecule has 34 heavy (non-hydrogen) atoms. The summed E-state index contributed by atoms with van der Waals surface area (Å²) >= 11 is 5.82. The highest BCUT2D eigenvalue weighted by molar-refractivity contribution is 7.80. The Labute approximate surface area is 205 Å². The fourth-order valence-electron chi connectivity index (χ4n) is 5.02. The summed E-state index contributed by atoms with van der Waals surface area (Å²) in [6.45, 7) is 8.56. The summed E-state index contributed by atoms with van der Waals surface area (Å²) in [5.74, 6) is 0.196. The molecule has 0 bridgehead atoms. The number of pyridine rings is 1. The van der Waals surface area contributed by atoms with Crippen molar-refractivity contribution < 1.29 is 5.11 Å². The Morgan fingerprint density at radius 3 is 2.41 bits per heavy atom. The van der Waals surface area contributed by atoms with Crippen molar-refractivity contribution in [3.63, 3.8) is 0 Å². The number of anilines is 1. The average molecular weight is 469 g/mol. The summed E-state index contributed by atoms with van der Waals surface area (Å²) in [6.07, 6.45) is 1.80. The standard InChI is InChI=1S/C28H28N4OS/c1-17-12-13-18(2)24(15-17)31-19(3)16-21(20(31)4)27-26(22-9-7-8-14-29-22)30-28(34)32(27)23-10-5-6-11-25(23)33/h5-16,26-27,33H,1-4H3,(H,30,34)/t26-,27-/m0/s1. The van der Waals surface area contributed by atoms with Crippen LogP contribution in [0.25, 0.3) is 5.69 Å². The highest BCUT2D eigenvalue weighted by Gasteiger charge is 2.43. The maximum Gasteiger partial charge on any atom is 0.174 e. The lowest BCUT2D eigenvalue weighted by atomic mass is 9.96. The Balaban J connectivity index is 1.72. The van der Waals surface area contributed by atoms with Crippen LogP contribution >= 0.6 is 12.2 Å². The molecule has 2 aromatic carbocycles. The minimum atomic E-state index is -0.180. The number of phenolic OH excluding ortho intramolecular Hbond substituents is 1. The van der Waals surface area contributed by atoms with Crippen molar-refractivity contribution in [3.05, 3.63) is 107 Å². The smallest absolute Gasteiger partial charge is 0.174 e. The molecule has 5 nitrogen and oxygen atoms in total. The molecule has 0 unspecified atom stereocenters. The van der Waals surface area contributed by atoms with E-state index >= 15 is 0 Å². The number of benzene rings is 2. The normalized spacial score (nSPS) is 17.8. The summed E-state index contributed by atoms with van der Waals surface area (Å²) in [7, 11) is 0. The molecule has 2 aromatic heterocycles. The molecule has 4 aromatic rings. The zero-order chi connectivity index (χ0) is 24.0. The summed E-state index contributed by atoms with van der Waals surface area (Å²) < 4.78 is 2.32.